The van der Waals surface area contributed by atoms with Crippen molar-refractivity contribution >= 4 is 23.7 Å². The van der Waals surface area contributed by atoms with Crippen LogP contribution in [0.3, 0.4) is 0 Å². The first-order valence-corrected chi connectivity index (χ1v) is 6.62. The van der Waals surface area contributed by atoms with Crippen molar-refractivity contribution in [3.63, 3.8) is 0 Å². The van der Waals surface area contributed by atoms with Gasteiger partial charge < -0.3 is 5.32 Å². The number of hydrogen-bond acceptors (Lipinski definition) is 8. The van der Waals surface area contributed by atoms with Gasteiger partial charge in [-0.15, -0.1) is 0 Å². The molecule has 0 radical (unpaired) electrons. The van der Waals surface area contributed by atoms with E-state index in [9.17, 15) is 13.2 Å². The van der Waals surface area contributed by atoms with Gasteiger partial charge in [-0.1, -0.05) is 0 Å². The Morgan fingerprint density at radius 1 is 1.24 bits per heavy atom. The molecule has 0 bridgehead atoms. The Hall–Kier alpha value is -2.08. The Morgan fingerprint density at radius 3 is 2.62 bits per heavy atom. The molecule has 21 heavy (non-hydrogen) atoms. The second-order valence-electron chi connectivity index (χ2n) is 3.62. The van der Waals surface area contributed by atoms with Gasteiger partial charge >= 0.3 is 5.51 Å². The van der Waals surface area contributed by atoms with E-state index in [1.54, 1.807) is 6.20 Å². The molecule has 114 valence electrons. The van der Waals surface area contributed by atoms with Crippen LogP contribution in [0, 0.1) is 0 Å². The molecule has 0 amide bonds. The number of nitrogens with two attached hydrogens (primary N) is 1. The van der Waals surface area contributed by atoms with E-state index in [-0.39, 0.29) is 41.9 Å². The second-order valence-corrected chi connectivity index (χ2v) is 4.78. The van der Waals surface area contributed by atoms with Crippen molar-refractivity contribution < 1.29 is 13.2 Å². The van der Waals surface area contributed by atoms with Crippen LogP contribution < -0.4 is 16.6 Å². The van der Waals surface area contributed by atoms with E-state index < -0.39 is 5.51 Å². The predicted octanol–water partition coefficient (Wildman–Crippen LogP) is 1.01. The minimum Gasteiger partial charge on any atom is -0.353 e. The summed E-state index contributed by atoms with van der Waals surface area (Å²) in [6, 6.07) is 0. The highest BCUT2D eigenvalue weighted by molar-refractivity contribution is 8.00. The first kappa shape index (κ1) is 15.3. The third-order valence-electron chi connectivity index (χ3n) is 2.14. The van der Waals surface area contributed by atoms with E-state index in [2.05, 4.69) is 30.7 Å². The summed E-state index contributed by atoms with van der Waals surface area (Å²) in [7, 11) is 0. The predicted molar refractivity (Wildman–Crippen MR) is 71.8 cm³/mol. The molecule has 0 atom stereocenters. The summed E-state index contributed by atoms with van der Waals surface area (Å²) in [5.74, 6) is 5.51. The third-order valence-corrected chi connectivity index (χ3v) is 2.87. The monoisotopic (exact) mass is 320 g/mol. The molecule has 12 heteroatoms. The first-order chi connectivity index (χ1) is 9.98. The Kier molecular flexibility index (Phi) is 4.80. The van der Waals surface area contributed by atoms with E-state index in [1.807, 2.05) is 0 Å². The number of anilines is 2. The number of nitrogens with zero attached hydrogens (tertiary/aromatic N) is 5. The normalized spacial score (nSPS) is 11.4. The van der Waals surface area contributed by atoms with Gasteiger partial charge in [0, 0.05) is 24.7 Å². The molecule has 0 aromatic carbocycles. The summed E-state index contributed by atoms with van der Waals surface area (Å²) < 4.78 is 37.5. The number of hydrogen-bond donors (Lipinski definition) is 3. The van der Waals surface area contributed by atoms with Crippen LogP contribution in [-0.4, -0.2) is 42.3 Å². The van der Waals surface area contributed by atoms with Crippen molar-refractivity contribution in [3.05, 3.63) is 18.7 Å². The summed E-state index contributed by atoms with van der Waals surface area (Å²) in [6.07, 6.45) is 4.62. The molecule has 0 aliphatic heterocycles. The SMILES string of the molecule is NNc1nc(NCCSC(F)(F)F)nc(-n2ccnc2)n1. The zero-order valence-corrected chi connectivity index (χ0v) is 11.3. The summed E-state index contributed by atoms with van der Waals surface area (Å²) in [5.41, 5.74) is -1.99. The zero-order chi connectivity index (χ0) is 15.3. The van der Waals surface area contributed by atoms with Crippen LogP contribution in [0.15, 0.2) is 18.7 Å². The number of thioether (sulfide) groups is 1. The maximum absolute atomic E-state index is 12.0. The summed E-state index contributed by atoms with van der Waals surface area (Å²) in [5, 5.41) is 2.68. The van der Waals surface area contributed by atoms with Crippen LogP contribution in [0.5, 0.6) is 0 Å². The summed E-state index contributed by atoms with van der Waals surface area (Å²) in [4.78, 5) is 15.8. The molecule has 2 heterocycles. The van der Waals surface area contributed by atoms with Crippen LogP contribution in [0.25, 0.3) is 5.95 Å². The quantitative estimate of drug-likeness (QED) is 0.411. The average molecular weight is 320 g/mol. The van der Waals surface area contributed by atoms with Crippen LogP contribution in [-0.2, 0) is 0 Å². The van der Waals surface area contributed by atoms with Gasteiger partial charge in [-0.05, 0) is 11.8 Å². The minimum absolute atomic E-state index is 0.0432. The van der Waals surface area contributed by atoms with Crippen molar-refractivity contribution in [1.82, 2.24) is 24.5 Å². The Bertz CT molecular complexity index is 573. The molecule has 0 saturated carbocycles. The molecule has 0 fully saturated rings. The van der Waals surface area contributed by atoms with Gasteiger partial charge in [-0.25, -0.2) is 10.8 Å². The standard InChI is InChI=1S/C9H11F3N8S/c10-9(11,12)21-4-2-15-6-16-7(19-13)18-8(17-6)20-3-1-14-5-20/h1,3,5H,2,4,13H2,(H2,15,16,17,18,19). The second kappa shape index (κ2) is 6.58. The molecular weight excluding hydrogens is 309 g/mol. The van der Waals surface area contributed by atoms with Gasteiger partial charge in [0.2, 0.25) is 17.8 Å². The molecule has 2 rings (SSSR count). The topological polar surface area (TPSA) is 107 Å². The number of nitrogens with one attached hydrogen (secondary N) is 2. The largest absolute Gasteiger partial charge is 0.441 e. The van der Waals surface area contributed by atoms with Gasteiger partial charge in [0.25, 0.3) is 0 Å². The van der Waals surface area contributed by atoms with Gasteiger partial charge in [-0.2, -0.15) is 28.1 Å². The fraction of sp³-hybridized carbons (Fsp3) is 0.333. The third kappa shape index (κ3) is 4.75. The number of rotatable bonds is 6. The fourth-order valence-electron chi connectivity index (χ4n) is 1.33. The lowest BCUT2D eigenvalue weighted by atomic mass is 10.7. The van der Waals surface area contributed by atoms with Crippen molar-refractivity contribution in [3.8, 4) is 5.95 Å². The Morgan fingerprint density at radius 2 is 2.00 bits per heavy atom. The highest BCUT2D eigenvalue weighted by atomic mass is 32.2. The first-order valence-electron chi connectivity index (χ1n) is 5.63. The van der Waals surface area contributed by atoms with Crippen molar-refractivity contribution in [1.29, 1.82) is 0 Å². The van der Waals surface area contributed by atoms with Gasteiger partial charge in [0.05, 0.1) is 0 Å². The average Bonchev–Trinajstić information content (AvgIpc) is 2.96. The van der Waals surface area contributed by atoms with Gasteiger partial charge in [0.15, 0.2) is 0 Å². The molecular formula is C9H11F3N8S. The number of aromatic nitrogens is 5. The van der Waals surface area contributed by atoms with E-state index in [0.717, 1.165) is 0 Å². The van der Waals surface area contributed by atoms with E-state index in [1.165, 1.54) is 17.1 Å². The molecule has 8 nitrogen and oxygen atoms in total. The van der Waals surface area contributed by atoms with Crippen LogP contribution in [0.4, 0.5) is 25.1 Å². The lowest BCUT2D eigenvalue weighted by Crippen LogP contribution is -2.17. The summed E-state index contributed by atoms with van der Waals surface area (Å²) in [6.45, 7) is 0.0432. The number of imidazole rings is 1. The van der Waals surface area contributed by atoms with E-state index >= 15 is 0 Å². The molecule has 0 aliphatic carbocycles. The number of halogens is 3. The zero-order valence-electron chi connectivity index (χ0n) is 10.5. The molecule has 2 aromatic rings. The smallest absolute Gasteiger partial charge is 0.353 e. The Labute approximate surface area is 121 Å². The molecule has 0 spiro atoms. The van der Waals surface area contributed by atoms with Crippen molar-refractivity contribution in [2.24, 2.45) is 5.84 Å². The van der Waals surface area contributed by atoms with Crippen molar-refractivity contribution in [2.75, 3.05) is 23.0 Å². The maximum atomic E-state index is 12.0. The van der Waals surface area contributed by atoms with E-state index in [0.29, 0.717) is 0 Å². The lowest BCUT2D eigenvalue weighted by molar-refractivity contribution is -0.0327. The van der Waals surface area contributed by atoms with Crippen LogP contribution >= 0.6 is 11.8 Å². The molecule has 0 saturated heterocycles. The number of nitrogen functional groups attached to an aromatic ring is 1. The Balaban J connectivity index is 2.04. The highest BCUT2D eigenvalue weighted by Gasteiger charge is 2.27. The number of alkyl halides is 3. The summed E-state index contributed by atoms with van der Waals surface area (Å²) >= 11 is -0.124. The molecule has 4 N–H and O–H groups in total. The van der Waals surface area contributed by atoms with Gasteiger partial charge in [-0.3, -0.25) is 9.99 Å². The fourth-order valence-corrected chi connectivity index (χ4v) is 1.77. The maximum Gasteiger partial charge on any atom is 0.441 e. The molecule has 2 aromatic heterocycles. The van der Waals surface area contributed by atoms with Crippen LogP contribution in [0.1, 0.15) is 0 Å². The molecule has 0 aliphatic rings. The minimum atomic E-state index is -4.26. The van der Waals surface area contributed by atoms with E-state index in [4.69, 9.17) is 5.84 Å². The van der Waals surface area contributed by atoms with Crippen molar-refractivity contribution in [2.45, 2.75) is 5.51 Å². The number of hydrazine groups is 1. The lowest BCUT2D eigenvalue weighted by Gasteiger charge is -2.09. The van der Waals surface area contributed by atoms with Crippen LogP contribution in [0.2, 0.25) is 0 Å². The highest BCUT2D eigenvalue weighted by Crippen LogP contribution is 2.29. The molecule has 0 unspecified atom stereocenters. The van der Waals surface area contributed by atoms with Gasteiger partial charge in [0.1, 0.15) is 6.33 Å².